The number of nitrogens with zero attached hydrogens (tertiary/aromatic N) is 2. The Morgan fingerprint density at radius 1 is 1.33 bits per heavy atom. The van der Waals surface area contributed by atoms with E-state index in [1.54, 1.807) is 36.4 Å². The Morgan fingerprint density at radius 3 is 2.93 bits per heavy atom. The predicted molar refractivity (Wildman–Crippen MR) is 103 cm³/mol. The molecule has 1 aromatic carbocycles. The van der Waals surface area contributed by atoms with E-state index >= 15 is 0 Å². The van der Waals surface area contributed by atoms with Crippen LogP contribution in [0, 0.1) is 0 Å². The lowest BCUT2D eigenvalue weighted by molar-refractivity contribution is -0.122. The molecule has 2 N–H and O–H groups in total. The Labute approximate surface area is 159 Å². The zero-order chi connectivity index (χ0) is 19.2. The van der Waals surface area contributed by atoms with Crippen molar-refractivity contribution in [2.75, 3.05) is 5.32 Å². The van der Waals surface area contributed by atoms with Crippen LogP contribution in [-0.2, 0) is 9.59 Å². The summed E-state index contributed by atoms with van der Waals surface area (Å²) in [7, 11) is 0. The fourth-order valence-corrected chi connectivity index (χ4v) is 3.21. The van der Waals surface area contributed by atoms with E-state index < -0.39 is 5.25 Å². The molecule has 2 amide bonds. The van der Waals surface area contributed by atoms with Gasteiger partial charge in [-0.2, -0.15) is 5.10 Å². The van der Waals surface area contributed by atoms with Gasteiger partial charge in [-0.1, -0.05) is 23.9 Å². The van der Waals surface area contributed by atoms with Crippen LogP contribution in [-0.4, -0.2) is 34.2 Å². The van der Waals surface area contributed by atoms with Crippen LogP contribution >= 0.6 is 11.8 Å². The first kappa shape index (κ1) is 18.6. The maximum atomic E-state index is 12.2. The number of hydrogen-bond acceptors (Lipinski definition) is 7. The molecule has 0 spiro atoms. The maximum Gasteiger partial charge on any atom is 0.240 e. The quantitative estimate of drug-likeness (QED) is 0.451. The van der Waals surface area contributed by atoms with Crippen LogP contribution in [0.15, 0.2) is 57.3 Å². The Kier molecular flexibility index (Phi) is 5.82. The molecule has 0 radical (unpaired) electrons. The lowest BCUT2D eigenvalue weighted by atomic mass is 10.1. The van der Waals surface area contributed by atoms with Gasteiger partial charge in [0.25, 0.3) is 0 Å². The van der Waals surface area contributed by atoms with Gasteiger partial charge in [-0.3, -0.25) is 14.4 Å². The molecular formula is C18H16N4O4S. The molecule has 1 aliphatic heterocycles. The van der Waals surface area contributed by atoms with Crippen molar-refractivity contribution < 1.29 is 18.8 Å². The van der Waals surface area contributed by atoms with Gasteiger partial charge in [-0.05, 0) is 31.2 Å². The van der Waals surface area contributed by atoms with Crippen molar-refractivity contribution in [1.29, 1.82) is 0 Å². The van der Waals surface area contributed by atoms with Gasteiger partial charge in [-0.15, -0.1) is 5.10 Å². The zero-order valence-corrected chi connectivity index (χ0v) is 15.2. The first-order valence-corrected chi connectivity index (χ1v) is 8.92. The average Bonchev–Trinajstić information content (AvgIpc) is 3.25. The second-order valence-corrected chi connectivity index (χ2v) is 6.84. The molecule has 1 fully saturated rings. The van der Waals surface area contributed by atoms with Crippen LogP contribution in [0.3, 0.4) is 0 Å². The topological polar surface area (TPSA) is 113 Å². The number of amidine groups is 1. The number of nitrogens with one attached hydrogen (secondary N) is 2. The highest BCUT2D eigenvalue weighted by Crippen LogP contribution is 2.23. The van der Waals surface area contributed by atoms with Crippen molar-refractivity contribution in [3.8, 4) is 0 Å². The summed E-state index contributed by atoms with van der Waals surface area (Å²) in [5, 5.41) is 12.7. The normalized spacial score (nSPS) is 18.0. The summed E-state index contributed by atoms with van der Waals surface area (Å²) in [6.45, 7) is 1.45. The molecule has 9 heteroatoms. The largest absolute Gasteiger partial charge is 0.463 e. The summed E-state index contributed by atoms with van der Waals surface area (Å²) < 4.78 is 5.09. The van der Waals surface area contributed by atoms with Crippen LogP contribution in [0.25, 0.3) is 0 Å². The summed E-state index contributed by atoms with van der Waals surface area (Å²) in [5.41, 5.74) is 1.01. The molecule has 2 aromatic rings. The van der Waals surface area contributed by atoms with Gasteiger partial charge >= 0.3 is 0 Å². The minimum Gasteiger partial charge on any atom is -0.463 e. The summed E-state index contributed by atoms with van der Waals surface area (Å²) in [6, 6.07) is 10.1. The number of Topliss-reactive ketones (excluding diaryl/α,β-unsaturated/α-hetero) is 1. The Balaban J connectivity index is 1.56. The maximum absolute atomic E-state index is 12.2. The van der Waals surface area contributed by atoms with Crippen molar-refractivity contribution in [3.05, 3.63) is 54.0 Å². The molecule has 2 heterocycles. The second-order valence-electron chi connectivity index (χ2n) is 5.65. The third-order valence-corrected chi connectivity index (χ3v) is 4.65. The van der Waals surface area contributed by atoms with E-state index in [2.05, 4.69) is 20.8 Å². The van der Waals surface area contributed by atoms with Crippen molar-refractivity contribution in [2.45, 2.75) is 18.6 Å². The van der Waals surface area contributed by atoms with Gasteiger partial charge < -0.3 is 15.1 Å². The molecule has 138 valence electrons. The molecule has 1 aliphatic rings. The third-order valence-electron chi connectivity index (χ3n) is 3.58. The molecule has 1 saturated heterocycles. The Morgan fingerprint density at radius 2 is 2.19 bits per heavy atom. The Bertz CT molecular complexity index is 921. The molecule has 0 saturated carbocycles. The molecule has 27 heavy (non-hydrogen) atoms. The van der Waals surface area contributed by atoms with Crippen molar-refractivity contribution >= 4 is 46.4 Å². The molecule has 8 nitrogen and oxygen atoms in total. The lowest BCUT2D eigenvalue weighted by Gasteiger charge is -2.08. The van der Waals surface area contributed by atoms with Gasteiger partial charge in [0.2, 0.25) is 11.8 Å². The second kappa shape index (κ2) is 8.45. The summed E-state index contributed by atoms with van der Waals surface area (Å²) in [6.07, 6.45) is 2.91. The van der Waals surface area contributed by atoms with Crippen molar-refractivity contribution in [2.24, 2.45) is 10.2 Å². The van der Waals surface area contributed by atoms with E-state index in [1.807, 2.05) is 0 Å². The van der Waals surface area contributed by atoms with E-state index in [9.17, 15) is 14.4 Å². The van der Waals surface area contributed by atoms with E-state index in [0.29, 0.717) is 22.2 Å². The number of benzene rings is 1. The summed E-state index contributed by atoms with van der Waals surface area (Å²) in [4.78, 5) is 35.6. The number of amides is 2. The molecule has 3 rings (SSSR count). The van der Waals surface area contributed by atoms with Crippen molar-refractivity contribution in [1.82, 2.24) is 5.32 Å². The Hall–Kier alpha value is -3.20. The van der Waals surface area contributed by atoms with Crippen molar-refractivity contribution in [3.63, 3.8) is 0 Å². The van der Waals surface area contributed by atoms with Crippen LogP contribution < -0.4 is 10.6 Å². The minimum absolute atomic E-state index is 0.0261. The smallest absolute Gasteiger partial charge is 0.240 e. The number of carbonyl (C=O) groups excluding carboxylic acids is 3. The van der Waals surface area contributed by atoms with Gasteiger partial charge in [0, 0.05) is 17.7 Å². The van der Waals surface area contributed by atoms with E-state index in [0.717, 1.165) is 11.8 Å². The van der Waals surface area contributed by atoms with Gasteiger partial charge in [0.1, 0.15) is 11.0 Å². The molecule has 0 bridgehead atoms. The number of furan rings is 1. The van der Waals surface area contributed by atoms with Crippen LogP contribution in [0.2, 0.25) is 0 Å². The number of rotatable bonds is 6. The highest BCUT2D eigenvalue weighted by molar-refractivity contribution is 8.15. The van der Waals surface area contributed by atoms with Crippen LogP contribution in [0.1, 0.15) is 29.5 Å². The predicted octanol–water partition coefficient (Wildman–Crippen LogP) is 2.43. The fourth-order valence-electron chi connectivity index (χ4n) is 2.29. The zero-order valence-electron chi connectivity index (χ0n) is 14.3. The SMILES string of the molecule is CC(=O)c1cccc(NC(=O)C[C@@H]2S/C(=N/N=C\c3ccco3)NC2=O)c1. The fraction of sp³-hybridized carbons (Fsp3) is 0.167. The number of thioether (sulfide) groups is 1. The molecule has 0 unspecified atom stereocenters. The number of anilines is 1. The number of carbonyl (C=O) groups is 3. The molecule has 1 atom stereocenters. The van der Waals surface area contributed by atoms with Crippen LogP contribution in [0.5, 0.6) is 0 Å². The van der Waals surface area contributed by atoms with E-state index in [1.165, 1.54) is 19.4 Å². The number of ketones is 1. The highest BCUT2D eigenvalue weighted by atomic mass is 32.2. The van der Waals surface area contributed by atoms with E-state index in [4.69, 9.17) is 4.42 Å². The molecular weight excluding hydrogens is 368 g/mol. The van der Waals surface area contributed by atoms with Gasteiger partial charge in [0.05, 0.1) is 12.5 Å². The average molecular weight is 384 g/mol. The molecule has 0 aliphatic carbocycles. The number of hydrogen-bond donors (Lipinski definition) is 2. The third kappa shape index (κ3) is 5.14. The first-order chi connectivity index (χ1) is 13.0. The van der Waals surface area contributed by atoms with Crippen LogP contribution in [0.4, 0.5) is 5.69 Å². The summed E-state index contributed by atoms with van der Waals surface area (Å²) >= 11 is 1.13. The highest BCUT2D eigenvalue weighted by Gasteiger charge is 2.32. The summed E-state index contributed by atoms with van der Waals surface area (Å²) in [5.74, 6) is -0.187. The minimum atomic E-state index is -0.599. The standard InChI is InChI=1S/C18H16N4O4S/c1-11(23)12-4-2-5-13(8-12)20-16(24)9-15-17(25)21-18(27-15)22-19-10-14-6-3-7-26-14/h2-8,10,15H,9H2,1H3,(H,20,24)(H,21,22,25)/b19-10-/t15-/m0/s1. The van der Waals surface area contributed by atoms with E-state index in [-0.39, 0.29) is 24.0 Å². The van der Waals surface area contributed by atoms with Gasteiger partial charge in [0.15, 0.2) is 11.0 Å². The monoisotopic (exact) mass is 384 g/mol. The molecule has 1 aromatic heterocycles. The van der Waals surface area contributed by atoms with Gasteiger partial charge in [-0.25, -0.2) is 0 Å². The lowest BCUT2D eigenvalue weighted by Crippen LogP contribution is -2.28. The first-order valence-electron chi connectivity index (χ1n) is 8.04.